The Balaban J connectivity index is 1.83. The first-order valence-electron chi connectivity index (χ1n) is 6.60. The van der Waals surface area contributed by atoms with Crippen molar-refractivity contribution in [3.8, 4) is 0 Å². The minimum absolute atomic E-state index is 0.396. The van der Waals surface area contributed by atoms with Crippen molar-refractivity contribution in [3.63, 3.8) is 0 Å². The van der Waals surface area contributed by atoms with E-state index in [1.54, 1.807) is 12.1 Å². The largest absolute Gasteiger partial charge is 0.303 e. The first kappa shape index (κ1) is 14.9. The van der Waals surface area contributed by atoms with Gasteiger partial charge >= 0.3 is 0 Å². The molecular weight excluding hydrogens is 278 g/mol. The highest BCUT2D eigenvalue weighted by atomic mass is 32.2. The fourth-order valence-corrected chi connectivity index (χ4v) is 4.02. The lowest BCUT2D eigenvalue weighted by atomic mass is 10.2. The smallest absolute Gasteiger partial charge is 0.175 e. The molecule has 1 aromatic rings. The van der Waals surface area contributed by atoms with Gasteiger partial charge in [0, 0.05) is 17.2 Å². The highest BCUT2D eigenvalue weighted by Crippen LogP contribution is 2.24. The summed E-state index contributed by atoms with van der Waals surface area (Å²) in [6.45, 7) is 1.22. The molecule has 3 nitrogen and oxygen atoms in total. The number of benzene rings is 1. The number of hydrogen-bond donors (Lipinski definition) is 0. The van der Waals surface area contributed by atoms with Crippen LogP contribution in [0.3, 0.4) is 0 Å². The van der Waals surface area contributed by atoms with E-state index < -0.39 is 9.84 Å². The third-order valence-electron chi connectivity index (χ3n) is 3.64. The van der Waals surface area contributed by atoms with Crippen LogP contribution in [0, 0.1) is 0 Å². The molecule has 1 heterocycles. The molecule has 1 unspecified atom stereocenters. The van der Waals surface area contributed by atoms with Gasteiger partial charge in [0.15, 0.2) is 9.84 Å². The second-order valence-electron chi connectivity index (χ2n) is 5.16. The standard InChI is InChI=1S/C14H21NO2S2/c1-15-10-3-4-12(15)9-11-18-13-5-7-14(8-6-13)19(2,16)17/h5-8,12H,3-4,9-11H2,1-2H3. The molecule has 0 aromatic heterocycles. The lowest BCUT2D eigenvalue weighted by Crippen LogP contribution is -2.25. The van der Waals surface area contributed by atoms with Crippen LogP contribution < -0.4 is 0 Å². The zero-order valence-corrected chi connectivity index (χ0v) is 13.1. The monoisotopic (exact) mass is 299 g/mol. The van der Waals surface area contributed by atoms with Crippen molar-refractivity contribution in [2.24, 2.45) is 0 Å². The van der Waals surface area contributed by atoms with Gasteiger partial charge in [-0.2, -0.15) is 0 Å². The average Bonchev–Trinajstić information content (AvgIpc) is 2.75. The van der Waals surface area contributed by atoms with Gasteiger partial charge in [0.1, 0.15) is 0 Å². The summed E-state index contributed by atoms with van der Waals surface area (Å²) in [5, 5.41) is 0. The Morgan fingerprint density at radius 3 is 2.53 bits per heavy atom. The molecule has 0 N–H and O–H groups in total. The maximum absolute atomic E-state index is 11.4. The van der Waals surface area contributed by atoms with Crippen molar-refractivity contribution in [3.05, 3.63) is 24.3 Å². The molecule has 2 rings (SSSR count). The fraction of sp³-hybridized carbons (Fsp3) is 0.571. The van der Waals surface area contributed by atoms with Crippen LogP contribution in [0.25, 0.3) is 0 Å². The Hall–Kier alpha value is -0.520. The van der Waals surface area contributed by atoms with Crippen molar-refractivity contribution in [1.29, 1.82) is 0 Å². The third-order valence-corrected chi connectivity index (χ3v) is 5.82. The van der Waals surface area contributed by atoms with Crippen LogP contribution in [0.5, 0.6) is 0 Å². The second-order valence-corrected chi connectivity index (χ2v) is 8.34. The van der Waals surface area contributed by atoms with Gasteiger partial charge in [0.25, 0.3) is 0 Å². The third kappa shape index (κ3) is 4.23. The van der Waals surface area contributed by atoms with Gasteiger partial charge < -0.3 is 4.90 Å². The van der Waals surface area contributed by atoms with Crippen LogP contribution in [0.4, 0.5) is 0 Å². The summed E-state index contributed by atoms with van der Waals surface area (Å²) in [5.74, 6) is 1.09. The molecule has 0 radical (unpaired) electrons. The lowest BCUT2D eigenvalue weighted by molar-refractivity contribution is 0.305. The Kier molecular flexibility index (Phi) is 4.92. The zero-order chi connectivity index (χ0) is 13.9. The maximum atomic E-state index is 11.4. The van der Waals surface area contributed by atoms with E-state index >= 15 is 0 Å². The van der Waals surface area contributed by atoms with Crippen LogP contribution >= 0.6 is 11.8 Å². The maximum Gasteiger partial charge on any atom is 0.175 e. The Bertz CT molecular complexity index is 511. The molecule has 19 heavy (non-hydrogen) atoms. The number of hydrogen-bond acceptors (Lipinski definition) is 4. The normalized spacial score (nSPS) is 20.8. The van der Waals surface area contributed by atoms with Crippen molar-refractivity contribution >= 4 is 21.6 Å². The molecule has 0 bridgehead atoms. The topological polar surface area (TPSA) is 37.4 Å². The summed E-state index contributed by atoms with van der Waals surface area (Å²) in [4.78, 5) is 3.98. The summed E-state index contributed by atoms with van der Waals surface area (Å²) in [7, 11) is -0.879. The molecule has 0 amide bonds. The van der Waals surface area contributed by atoms with Crippen molar-refractivity contribution in [2.75, 3.05) is 25.6 Å². The van der Waals surface area contributed by atoms with Crippen LogP contribution in [-0.4, -0.2) is 45.0 Å². The number of nitrogens with zero attached hydrogens (tertiary/aromatic N) is 1. The highest BCUT2D eigenvalue weighted by Gasteiger charge is 2.19. The molecule has 5 heteroatoms. The molecule has 1 saturated heterocycles. The lowest BCUT2D eigenvalue weighted by Gasteiger charge is -2.18. The van der Waals surface area contributed by atoms with E-state index in [2.05, 4.69) is 11.9 Å². The summed E-state index contributed by atoms with van der Waals surface area (Å²) in [5.41, 5.74) is 0. The van der Waals surface area contributed by atoms with Crippen LogP contribution in [-0.2, 0) is 9.84 Å². The number of likely N-dealkylation sites (tertiary alicyclic amines) is 1. The van der Waals surface area contributed by atoms with E-state index in [0.29, 0.717) is 4.90 Å². The predicted molar refractivity (Wildman–Crippen MR) is 80.5 cm³/mol. The van der Waals surface area contributed by atoms with E-state index in [9.17, 15) is 8.42 Å². The number of sulfone groups is 1. The van der Waals surface area contributed by atoms with Gasteiger partial charge in [-0.1, -0.05) is 0 Å². The molecule has 1 fully saturated rings. The molecule has 1 aliphatic rings. The van der Waals surface area contributed by atoms with Crippen LogP contribution in [0.2, 0.25) is 0 Å². The summed E-state index contributed by atoms with van der Waals surface area (Å²) in [6, 6.07) is 7.92. The molecule has 0 saturated carbocycles. The van der Waals surface area contributed by atoms with E-state index in [1.807, 2.05) is 23.9 Å². The summed E-state index contributed by atoms with van der Waals surface area (Å²) < 4.78 is 22.7. The Morgan fingerprint density at radius 2 is 2.00 bits per heavy atom. The zero-order valence-electron chi connectivity index (χ0n) is 11.5. The van der Waals surface area contributed by atoms with Gasteiger partial charge in [-0.3, -0.25) is 0 Å². The summed E-state index contributed by atoms with van der Waals surface area (Å²) >= 11 is 1.81. The number of rotatable bonds is 5. The van der Waals surface area contributed by atoms with Gasteiger partial charge in [0.05, 0.1) is 4.90 Å². The molecule has 1 aromatic carbocycles. The first-order valence-corrected chi connectivity index (χ1v) is 9.48. The van der Waals surface area contributed by atoms with E-state index in [0.717, 1.165) is 16.7 Å². The van der Waals surface area contributed by atoms with Gasteiger partial charge in [-0.25, -0.2) is 8.42 Å². The minimum Gasteiger partial charge on any atom is -0.303 e. The molecule has 0 spiro atoms. The second kappa shape index (κ2) is 6.29. The first-order chi connectivity index (χ1) is 8.97. The highest BCUT2D eigenvalue weighted by molar-refractivity contribution is 7.99. The van der Waals surface area contributed by atoms with Crippen LogP contribution in [0.15, 0.2) is 34.1 Å². The van der Waals surface area contributed by atoms with E-state index in [1.165, 1.54) is 32.1 Å². The quantitative estimate of drug-likeness (QED) is 0.783. The predicted octanol–water partition coefficient (Wildman–Crippen LogP) is 2.67. The molecular formula is C14H21NO2S2. The Morgan fingerprint density at radius 1 is 1.32 bits per heavy atom. The van der Waals surface area contributed by atoms with Gasteiger partial charge in [-0.15, -0.1) is 11.8 Å². The minimum atomic E-state index is -3.08. The summed E-state index contributed by atoms with van der Waals surface area (Å²) in [6.07, 6.45) is 5.07. The van der Waals surface area contributed by atoms with E-state index in [4.69, 9.17) is 0 Å². The SMILES string of the molecule is CN1CCCC1CCSc1ccc(S(C)(=O)=O)cc1. The van der Waals surface area contributed by atoms with Crippen molar-refractivity contribution in [1.82, 2.24) is 4.90 Å². The van der Waals surface area contributed by atoms with Gasteiger partial charge in [-0.05, 0) is 62.9 Å². The number of thioether (sulfide) groups is 1. The van der Waals surface area contributed by atoms with Crippen molar-refractivity contribution < 1.29 is 8.42 Å². The fourth-order valence-electron chi connectivity index (χ4n) is 2.44. The average molecular weight is 299 g/mol. The molecule has 106 valence electrons. The molecule has 1 aliphatic heterocycles. The van der Waals surface area contributed by atoms with Crippen molar-refractivity contribution in [2.45, 2.75) is 35.1 Å². The van der Waals surface area contributed by atoms with E-state index in [-0.39, 0.29) is 0 Å². The van der Waals surface area contributed by atoms with Crippen LogP contribution in [0.1, 0.15) is 19.3 Å². The van der Waals surface area contributed by atoms with Gasteiger partial charge in [0.2, 0.25) is 0 Å². The molecule has 1 atom stereocenters. The molecule has 0 aliphatic carbocycles. The Labute approximate surface area is 120 Å².